The van der Waals surface area contributed by atoms with Gasteiger partial charge in [0.25, 0.3) is 0 Å². The summed E-state index contributed by atoms with van der Waals surface area (Å²) in [7, 11) is -2.08. The van der Waals surface area contributed by atoms with Crippen LogP contribution >= 0.6 is 0 Å². The molecule has 4 heteroatoms. The molecule has 1 aliphatic carbocycles. The second-order valence-electron chi connectivity index (χ2n) is 8.43. The van der Waals surface area contributed by atoms with E-state index in [0.717, 1.165) is 6.42 Å². The van der Waals surface area contributed by atoms with E-state index in [9.17, 15) is 0 Å². The van der Waals surface area contributed by atoms with Crippen molar-refractivity contribution in [1.29, 1.82) is 0 Å². The Balaban J connectivity index is 2.83. The predicted molar refractivity (Wildman–Crippen MR) is 103 cm³/mol. The molecule has 1 rings (SSSR count). The first-order valence-corrected chi connectivity index (χ1v) is 19.4. The summed E-state index contributed by atoms with van der Waals surface area (Å²) in [5.74, 6) is 1.64. The maximum absolute atomic E-state index is 6.72. The van der Waals surface area contributed by atoms with Crippen LogP contribution in [0.2, 0.25) is 49.0 Å². The van der Waals surface area contributed by atoms with Gasteiger partial charge in [-0.15, -0.1) is 0 Å². The molecule has 119 valence electrons. The average Bonchev–Trinajstić information content (AvgIpc) is 2.76. The molecule has 21 heavy (non-hydrogen) atoms. The molecule has 1 aliphatic rings. The molecule has 0 saturated carbocycles. The van der Waals surface area contributed by atoms with Crippen molar-refractivity contribution < 1.29 is 3.76 Å². The molecule has 1 nitrogen and oxygen atoms in total. The Morgan fingerprint density at radius 2 is 1.48 bits per heavy atom. The first kappa shape index (κ1) is 19.0. The molecular weight excluding hydrogens is 349 g/mol. The Morgan fingerprint density at radius 3 is 1.86 bits per heavy atom. The van der Waals surface area contributed by atoms with Crippen LogP contribution in [0.15, 0.2) is 36.1 Å². The molecule has 0 saturated heterocycles. The second-order valence-corrected chi connectivity index (χ2v) is 26.5. The van der Waals surface area contributed by atoms with Gasteiger partial charge in [-0.25, -0.2) is 0 Å². The van der Waals surface area contributed by atoms with E-state index in [1.165, 1.54) is 15.5 Å². The van der Waals surface area contributed by atoms with Crippen molar-refractivity contribution in [2.75, 3.05) is 0 Å². The summed E-state index contributed by atoms with van der Waals surface area (Å²) in [6.45, 7) is 17.2. The van der Waals surface area contributed by atoms with Gasteiger partial charge in [-0.05, 0) is 0 Å². The molecule has 0 amide bonds. The fourth-order valence-corrected chi connectivity index (χ4v) is 24.9. The van der Waals surface area contributed by atoms with Gasteiger partial charge in [-0.1, -0.05) is 0 Å². The quantitative estimate of drug-likeness (QED) is 0.382. The first-order chi connectivity index (χ1) is 9.61. The molecule has 0 fully saturated rings. The summed E-state index contributed by atoms with van der Waals surface area (Å²) < 4.78 is 6.72. The fraction of sp³-hybridized carbons (Fsp3) is 0.647. The van der Waals surface area contributed by atoms with Crippen LogP contribution in [0.4, 0.5) is 0 Å². The Morgan fingerprint density at radius 1 is 1.00 bits per heavy atom. The van der Waals surface area contributed by atoms with Crippen molar-refractivity contribution in [1.82, 2.24) is 0 Å². The summed E-state index contributed by atoms with van der Waals surface area (Å²) in [4.78, 5) is 2.86. The van der Waals surface area contributed by atoms with Crippen molar-refractivity contribution in [3.8, 4) is 0 Å². The Kier molecular flexibility index (Phi) is 7.27. The Hall–Kier alpha value is -0.00338. The molecule has 0 aliphatic heterocycles. The van der Waals surface area contributed by atoms with E-state index in [0.29, 0.717) is 5.92 Å². The third-order valence-electron chi connectivity index (χ3n) is 3.20. The summed E-state index contributed by atoms with van der Waals surface area (Å²) in [5, 5.41) is 0. The van der Waals surface area contributed by atoms with Crippen molar-refractivity contribution in [3.63, 3.8) is 0 Å². The van der Waals surface area contributed by atoms with E-state index < -0.39 is 30.8 Å². The van der Waals surface area contributed by atoms with Gasteiger partial charge in [-0.3, -0.25) is 0 Å². The summed E-state index contributed by atoms with van der Waals surface area (Å²) in [6, 6.07) is 0. The molecular formula is C17H33GeOSi2. The fourth-order valence-electron chi connectivity index (χ4n) is 2.55. The zero-order valence-electron chi connectivity index (χ0n) is 15.0. The van der Waals surface area contributed by atoms with Crippen LogP contribution in [0, 0.1) is 5.92 Å². The van der Waals surface area contributed by atoms with Crippen molar-refractivity contribution in [2.45, 2.75) is 62.4 Å². The van der Waals surface area contributed by atoms with Crippen molar-refractivity contribution in [2.24, 2.45) is 5.92 Å². The van der Waals surface area contributed by atoms with E-state index in [1.54, 1.807) is 0 Å². The normalized spacial score (nSPS) is 17.0. The second kappa shape index (κ2) is 8.02. The molecule has 0 aromatic rings. The third-order valence-corrected chi connectivity index (χ3v) is 25.5. The van der Waals surface area contributed by atoms with Gasteiger partial charge in [0.05, 0.1) is 0 Å². The topological polar surface area (TPSA) is 9.23 Å². The van der Waals surface area contributed by atoms with Crippen LogP contribution in [0.25, 0.3) is 0 Å². The van der Waals surface area contributed by atoms with Crippen LogP contribution < -0.4 is 0 Å². The van der Waals surface area contributed by atoms with Gasteiger partial charge in [-0.2, -0.15) is 0 Å². The van der Waals surface area contributed by atoms with Crippen LogP contribution in [0.5, 0.6) is 0 Å². The van der Waals surface area contributed by atoms with Gasteiger partial charge >= 0.3 is 139 Å². The third kappa shape index (κ3) is 8.26. The molecule has 1 radical (unpaired) electrons. The van der Waals surface area contributed by atoms with Crippen molar-refractivity contribution >= 4 is 30.8 Å². The summed E-state index contributed by atoms with van der Waals surface area (Å²) >= 11 is -1.45. The molecule has 0 spiro atoms. The molecule has 0 bridgehead atoms. The summed E-state index contributed by atoms with van der Waals surface area (Å²) in [6.07, 6.45) is 12.2. The van der Waals surface area contributed by atoms with Gasteiger partial charge in [0.1, 0.15) is 0 Å². The van der Waals surface area contributed by atoms with E-state index in [4.69, 9.17) is 3.76 Å². The van der Waals surface area contributed by atoms with Crippen LogP contribution in [-0.4, -0.2) is 30.8 Å². The number of allylic oxidation sites excluding steroid dienone is 4. The van der Waals surface area contributed by atoms with E-state index in [2.05, 4.69) is 76.6 Å². The van der Waals surface area contributed by atoms with Gasteiger partial charge in [0.15, 0.2) is 0 Å². The molecule has 0 N–H and O–H groups in total. The number of hydrogen-bond donors (Lipinski definition) is 0. The standard InChI is InChI=1S/C17H33GeOSi2/c1-8-11-17(16-12-9-10-13-16)19-18(14-20(2,3)4)15-21(5,6)7/h9-13,16H,8,14-15H2,1-7H3/b17-11+. The minimum atomic E-state index is -1.45. The minimum absolute atomic E-state index is 0.399. The van der Waals surface area contributed by atoms with Crippen molar-refractivity contribution in [3.05, 3.63) is 36.1 Å². The van der Waals surface area contributed by atoms with Crippen LogP contribution in [0.3, 0.4) is 0 Å². The number of rotatable bonds is 8. The van der Waals surface area contributed by atoms with Gasteiger partial charge in [0.2, 0.25) is 0 Å². The average molecular weight is 382 g/mol. The van der Waals surface area contributed by atoms with Crippen LogP contribution in [0.1, 0.15) is 13.3 Å². The predicted octanol–water partition coefficient (Wildman–Crippen LogP) is 5.79. The van der Waals surface area contributed by atoms with E-state index >= 15 is 0 Å². The van der Waals surface area contributed by atoms with E-state index in [-0.39, 0.29) is 0 Å². The summed E-state index contributed by atoms with van der Waals surface area (Å²) in [5.41, 5.74) is 0. The first-order valence-electron chi connectivity index (χ1n) is 8.18. The maximum atomic E-state index is 6.72. The molecule has 0 unspecified atom stereocenters. The number of hydrogen-bond acceptors (Lipinski definition) is 1. The molecule has 0 heterocycles. The zero-order valence-corrected chi connectivity index (χ0v) is 19.1. The Labute approximate surface area is 139 Å². The molecule has 0 aromatic heterocycles. The SMILES string of the molecule is CC/C=C(/[O][Ge]([CH2][Si](C)(C)C)[CH2][Si](C)(C)C)C1C=CC=C1. The Bertz CT molecular complexity index is 385. The zero-order chi connectivity index (χ0) is 16.1. The van der Waals surface area contributed by atoms with Gasteiger partial charge < -0.3 is 0 Å². The molecule has 0 atom stereocenters. The van der Waals surface area contributed by atoms with E-state index in [1.807, 2.05) is 0 Å². The van der Waals surface area contributed by atoms with Gasteiger partial charge in [0, 0.05) is 0 Å². The van der Waals surface area contributed by atoms with Crippen LogP contribution in [-0.2, 0) is 3.76 Å². The monoisotopic (exact) mass is 383 g/mol. The molecule has 0 aromatic carbocycles.